The van der Waals surface area contributed by atoms with Gasteiger partial charge in [-0.15, -0.1) is 0 Å². The van der Waals surface area contributed by atoms with Crippen molar-refractivity contribution in [1.82, 2.24) is 4.90 Å². The van der Waals surface area contributed by atoms with Gasteiger partial charge in [0.05, 0.1) is 0 Å². The van der Waals surface area contributed by atoms with Crippen LogP contribution in [0.15, 0.2) is 30.3 Å². The van der Waals surface area contributed by atoms with Crippen LogP contribution < -0.4 is 0 Å². The van der Waals surface area contributed by atoms with Gasteiger partial charge in [0.2, 0.25) is 0 Å². The Morgan fingerprint density at radius 2 is 2.00 bits per heavy atom. The number of ketones is 1. The van der Waals surface area contributed by atoms with E-state index in [1.165, 1.54) is 6.92 Å². The van der Waals surface area contributed by atoms with Crippen LogP contribution in [0.3, 0.4) is 0 Å². The third-order valence-electron chi connectivity index (χ3n) is 5.56. The van der Waals surface area contributed by atoms with E-state index in [0.717, 1.165) is 5.56 Å². The Hall–Kier alpha value is -1.72. The molecule has 3 heterocycles. The van der Waals surface area contributed by atoms with E-state index in [0.29, 0.717) is 13.0 Å². The number of hydrogen-bond acceptors (Lipinski definition) is 5. The number of esters is 1. The van der Waals surface area contributed by atoms with Gasteiger partial charge in [-0.1, -0.05) is 30.3 Å². The molecule has 1 aromatic rings. The lowest BCUT2D eigenvalue weighted by Gasteiger charge is -2.44. The molecule has 3 fully saturated rings. The van der Waals surface area contributed by atoms with E-state index >= 15 is 0 Å². The van der Waals surface area contributed by atoms with Crippen LogP contribution in [0, 0.1) is 0 Å². The predicted molar refractivity (Wildman–Crippen MR) is 78.2 cm³/mol. The maximum Gasteiger partial charge on any atom is 0.350 e. The van der Waals surface area contributed by atoms with Crippen LogP contribution in [0.4, 0.5) is 0 Å². The van der Waals surface area contributed by atoms with Crippen molar-refractivity contribution in [2.75, 3.05) is 13.6 Å². The number of rotatable bonds is 2. The average Bonchev–Trinajstić information content (AvgIpc) is 3.11. The number of Topliss-reactive ketones (excluding diaryl/α,β-unsaturated/α-hetero) is 1. The summed E-state index contributed by atoms with van der Waals surface area (Å²) in [5.41, 5.74) is -1.81. The normalized spacial score (nSPS) is 43.2. The highest BCUT2D eigenvalue weighted by atomic mass is 16.7. The van der Waals surface area contributed by atoms with Crippen LogP contribution in [-0.4, -0.2) is 47.0 Å². The second-order valence-corrected chi connectivity index (χ2v) is 6.83. The van der Waals surface area contributed by atoms with Crippen molar-refractivity contribution < 1.29 is 19.1 Å². The molecule has 4 rings (SSSR count). The smallest absolute Gasteiger partial charge is 0.350 e. The van der Waals surface area contributed by atoms with E-state index in [-0.39, 0.29) is 11.8 Å². The Balaban J connectivity index is 1.77. The van der Waals surface area contributed by atoms with Gasteiger partial charge >= 0.3 is 5.97 Å². The zero-order chi connectivity index (χ0) is 15.8. The zero-order valence-electron chi connectivity index (χ0n) is 13.0. The number of benzene rings is 1. The molecule has 4 unspecified atom stereocenters. The van der Waals surface area contributed by atoms with Crippen LogP contribution in [0.25, 0.3) is 0 Å². The highest BCUT2D eigenvalue weighted by Gasteiger charge is 2.91. The monoisotopic (exact) mass is 301 g/mol. The summed E-state index contributed by atoms with van der Waals surface area (Å²) in [6.45, 7) is 3.84. The molecular weight excluding hydrogens is 282 g/mol. The summed E-state index contributed by atoms with van der Waals surface area (Å²) in [6.07, 6.45) is 0.579. The Labute approximate surface area is 129 Å². The van der Waals surface area contributed by atoms with Crippen LogP contribution >= 0.6 is 0 Å². The lowest BCUT2D eigenvalue weighted by Crippen LogP contribution is -2.57. The topological polar surface area (TPSA) is 59.1 Å². The van der Waals surface area contributed by atoms with Gasteiger partial charge in [-0.3, -0.25) is 9.69 Å². The maximum atomic E-state index is 12.3. The highest BCUT2D eigenvalue weighted by molar-refractivity contribution is 6.13. The summed E-state index contributed by atoms with van der Waals surface area (Å²) >= 11 is 0. The Bertz CT molecular complexity index is 674. The van der Waals surface area contributed by atoms with Gasteiger partial charge in [0.25, 0.3) is 5.60 Å². The molecule has 0 amide bonds. The first-order valence-electron chi connectivity index (χ1n) is 7.56. The molecule has 3 aliphatic heterocycles. The molecule has 0 bridgehead atoms. The molecule has 1 aromatic carbocycles. The van der Waals surface area contributed by atoms with Crippen molar-refractivity contribution in [1.29, 1.82) is 0 Å². The number of ether oxygens (including phenoxy) is 2. The molecule has 0 saturated carbocycles. The van der Waals surface area contributed by atoms with Crippen LogP contribution in [-0.2, 0) is 19.1 Å². The Morgan fingerprint density at radius 3 is 2.59 bits per heavy atom. The van der Waals surface area contributed by atoms with Gasteiger partial charge in [0.15, 0.2) is 17.0 Å². The fourth-order valence-corrected chi connectivity index (χ4v) is 4.40. The van der Waals surface area contributed by atoms with Gasteiger partial charge in [0, 0.05) is 19.0 Å². The average molecular weight is 301 g/mol. The molecule has 5 nitrogen and oxygen atoms in total. The van der Waals surface area contributed by atoms with Gasteiger partial charge < -0.3 is 9.47 Å². The largest absolute Gasteiger partial charge is 0.452 e. The third-order valence-corrected chi connectivity index (χ3v) is 5.56. The molecule has 116 valence electrons. The predicted octanol–water partition coefficient (Wildman–Crippen LogP) is 1.48. The first-order valence-corrected chi connectivity index (χ1v) is 7.56. The number of hydrogen-bond donors (Lipinski definition) is 0. The zero-order valence-corrected chi connectivity index (χ0v) is 13.0. The molecule has 3 saturated heterocycles. The fourth-order valence-electron chi connectivity index (χ4n) is 4.40. The van der Waals surface area contributed by atoms with Crippen molar-refractivity contribution in [3.8, 4) is 0 Å². The molecule has 1 spiro atoms. The molecule has 3 aliphatic rings. The SMILES string of the molecule is CC(=O)C12OC13CC(c1ccccc1)N(C)CC3(C)OC2=O. The minimum Gasteiger partial charge on any atom is -0.452 e. The third kappa shape index (κ3) is 1.36. The van der Waals surface area contributed by atoms with Crippen molar-refractivity contribution in [2.24, 2.45) is 0 Å². The highest BCUT2D eigenvalue weighted by Crippen LogP contribution is 2.67. The molecule has 0 aliphatic carbocycles. The lowest BCUT2D eigenvalue weighted by atomic mass is 9.72. The van der Waals surface area contributed by atoms with E-state index in [1.807, 2.05) is 32.2 Å². The number of piperidine rings is 1. The molecule has 4 atom stereocenters. The van der Waals surface area contributed by atoms with Crippen molar-refractivity contribution in [3.63, 3.8) is 0 Å². The number of likely N-dealkylation sites (tertiary alicyclic amines) is 1. The lowest BCUT2D eigenvalue weighted by molar-refractivity contribution is -0.175. The van der Waals surface area contributed by atoms with E-state index in [2.05, 4.69) is 17.0 Å². The number of carbonyl (C=O) groups excluding carboxylic acids is 2. The van der Waals surface area contributed by atoms with Crippen LogP contribution in [0.2, 0.25) is 0 Å². The number of carbonyl (C=O) groups is 2. The van der Waals surface area contributed by atoms with Crippen molar-refractivity contribution >= 4 is 11.8 Å². The quantitative estimate of drug-likeness (QED) is 0.470. The van der Waals surface area contributed by atoms with E-state index in [9.17, 15) is 9.59 Å². The van der Waals surface area contributed by atoms with Crippen molar-refractivity contribution in [3.05, 3.63) is 35.9 Å². The fraction of sp³-hybridized carbons (Fsp3) is 0.529. The Morgan fingerprint density at radius 1 is 1.32 bits per heavy atom. The molecule has 0 N–H and O–H groups in total. The van der Waals surface area contributed by atoms with Gasteiger partial charge in [-0.05, 0) is 26.5 Å². The van der Waals surface area contributed by atoms with E-state index in [4.69, 9.17) is 9.47 Å². The molecule has 0 radical (unpaired) electrons. The minimum absolute atomic E-state index is 0.102. The summed E-state index contributed by atoms with van der Waals surface area (Å²) in [7, 11) is 2.01. The van der Waals surface area contributed by atoms with Gasteiger partial charge in [0.1, 0.15) is 0 Å². The standard InChI is InChI=1S/C17H19NO4/c1-11(19)17-14(20)21-15(2)10-18(3)13(9-16(15,17)22-17)12-7-5-4-6-8-12/h4-8,13H,9-10H2,1-3H3. The van der Waals surface area contributed by atoms with Gasteiger partial charge in [-0.2, -0.15) is 0 Å². The second kappa shape index (κ2) is 3.97. The maximum absolute atomic E-state index is 12.3. The molecular formula is C17H19NO4. The van der Waals surface area contributed by atoms with Crippen molar-refractivity contribution in [2.45, 2.75) is 43.1 Å². The van der Waals surface area contributed by atoms with Crippen LogP contribution in [0.5, 0.6) is 0 Å². The number of epoxide rings is 1. The van der Waals surface area contributed by atoms with Crippen LogP contribution in [0.1, 0.15) is 31.9 Å². The first kappa shape index (κ1) is 13.9. The van der Waals surface area contributed by atoms with Gasteiger partial charge in [-0.25, -0.2) is 4.79 Å². The number of nitrogens with zero attached hydrogens (tertiary/aromatic N) is 1. The summed E-state index contributed by atoms with van der Waals surface area (Å²) < 4.78 is 11.5. The Kier molecular flexibility index (Phi) is 2.51. The summed E-state index contributed by atoms with van der Waals surface area (Å²) in [4.78, 5) is 26.6. The molecule has 0 aromatic heterocycles. The first-order chi connectivity index (χ1) is 10.4. The summed E-state index contributed by atoms with van der Waals surface area (Å²) in [6, 6.07) is 10.2. The van der Waals surface area contributed by atoms with E-state index < -0.39 is 22.8 Å². The van der Waals surface area contributed by atoms with E-state index in [1.54, 1.807) is 0 Å². The molecule has 22 heavy (non-hydrogen) atoms. The summed E-state index contributed by atoms with van der Waals surface area (Å²) in [5, 5.41) is 0. The summed E-state index contributed by atoms with van der Waals surface area (Å²) in [5.74, 6) is -0.776. The molecule has 5 heteroatoms. The minimum atomic E-state index is -1.38. The number of likely N-dealkylation sites (N-methyl/N-ethyl adjacent to an activating group) is 1. The second-order valence-electron chi connectivity index (χ2n) is 6.83.